The van der Waals surface area contributed by atoms with E-state index in [1.54, 1.807) is 0 Å². The fourth-order valence-corrected chi connectivity index (χ4v) is 5.74. The molecule has 3 atom stereocenters. The Morgan fingerprint density at radius 1 is 0.620 bits per heavy atom. The summed E-state index contributed by atoms with van der Waals surface area (Å²) in [5, 5.41) is 18.3. The average molecular weight is 729 g/mol. The lowest BCUT2D eigenvalue weighted by Crippen LogP contribution is -2.29. The van der Waals surface area contributed by atoms with Crippen molar-refractivity contribution in [3.63, 3.8) is 0 Å². The molecule has 50 heavy (non-hydrogen) atoms. The van der Waals surface area contributed by atoms with Crippen molar-refractivity contribution in [2.75, 3.05) is 33.0 Å². The SMILES string of the molecule is CCC/C=C\C/C=C\CCCCCCCCOCC(COP(=O)(O)OCC(O)CO)OC(=O)CCCCCCC/C=C\C/C=C\CCCCC. The highest BCUT2D eigenvalue weighted by atomic mass is 31.2. The molecule has 0 aliphatic carbocycles. The molecule has 3 N–H and O–H groups in total. The molecular weight excluding hydrogens is 655 g/mol. The molecule has 0 amide bonds. The molecule has 0 aromatic carbocycles. The van der Waals surface area contributed by atoms with Crippen molar-refractivity contribution in [3.8, 4) is 0 Å². The minimum Gasteiger partial charge on any atom is -0.457 e. The summed E-state index contributed by atoms with van der Waals surface area (Å²) in [7, 11) is -4.52. The predicted octanol–water partition coefficient (Wildman–Crippen LogP) is 10.2. The van der Waals surface area contributed by atoms with E-state index in [0.29, 0.717) is 13.0 Å². The molecule has 292 valence electrons. The van der Waals surface area contributed by atoms with Crippen molar-refractivity contribution in [1.82, 2.24) is 0 Å². The average Bonchev–Trinajstić information content (AvgIpc) is 3.10. The summed E-state index contributed by atoms with van der Waals surface area (Å²) in [5.41, 5.74) is 0. The van der Waals surface area contributed by atoms with E-state index in [2.05, 4.69) is 62.5 Å². The van der Waals surface area contributed by atoms with Crippen LogP contribution in [0.5, 0.6) is 0 Å². The van der Waals surface area contributed by atoms with Crippen LogP contribution >= 0.6 is 7.82 Å². The van der Waals surface area contributed by atoms with Gasteiger partial charge in [0.15, 0.2) is 0 Å². The van der Waals surface area contributed by atoms with Crippen LogP contribution in [0.2, 0.25) is 0 Å². The van der Waals surface area contributed by atoms with Gasteiger partial charge < -0.3 is 24.6 Å². The van der Waals surface area contributed by atoms with Crippen LogP contribution in [-0.2, 0) is 27.9 Å². The Morgan fingerprint density at radius 2 is 1.12 bits per heavy atom. The van der Waals surface area contributed by atoms with Crippen molar-refractivity contribution in [1.29, 1.82) is 0 Å². The van der Waals surface area contributed by atoms with Crippen molar-refractivity contribution in [2.45, 2.75) is 167 Å². The van der Waals surface area contributed by atoms with Gasteiger partial charge in [0.25, 0.3) is 0 Å². The minimum absolute atomic E-state index is 0.0349. The monoisotopic (exact) mass is 728 g/mol. The highest BCUT2D eigenvalue weighted by molar-refractivity contribution is 7.47. The van der Waals surface area contributed by atoms with Gasteiger partial charge in [0, 0.05) is 13.0 Å². The smallest absolute Gasteiger partial charge is 0.457 e. The van der Waals surface area contributed by atoms with E-state index in [9.17, 15) is 19.4 Å². The zero-order chi connectivity index (χ0) is 36.8. The van der Waals surface area contributed by atoms with E-state index in [4.69, 9.17) is 23.6 Å². The van der Waals surface area contributed by atoms with E-state index in [-0.39, 0.29) is 19.6 Å². The van der Waals surface area contributed by atoms with Gasteiger partial charge in [0.05, 0.1) is 26.4 Å². The lowest BCUT2D eigenvalue weighted by molar-refractivity contribution is -0.154. The minimum atomic E-state index is -4.52. The molecule has 0 fully saturated rings. The summed E-state index contributed by atoms with van der Waals surface area (Å²) in [6.45, 7) is 3.37. The van der Waals surface area contributed by atoms with E-state index >= 15 is 0 Å². The van der Waals surface area contributed by atoms with Crippen LogP contribution in [-0.4, -0.2) is 66.3 Å². The van der Waals surface area contributed by atoms with Crippen LogP contribution < -0.4 is 0 Å². The number of aliphatic hydroxyl groups excluding tert-OH is 2. The van der Waals surface area contributed by atoms with E-state index in [1.807, 2.05) is 0 Å². The molecule has 0 aromatic heterocycles. The Hall–Kier alpha value is -1.58. The molecule has 0 aliphatic rings. The third-order valence-electron chi connectivity index (χ3n) is 7.97. The van der Waals surface area contributed by atoms with Gasteiger partial charge in [-0.1, -0.05) is 127 Å². The van der Waals surface area contributed by atoms with Gasteiger partial charge in [0.2, 0.25) is 0 Å². The van der Waals surface area contributed by atoms with Crippen molar-refractivity contribution >= 4 is 13.8 Å². The summed E-state index contributed by atoms with van der Waals surface area (Å²) in [6, 6.07) is 0. The van der Waals surface area contributed by atoms with Crippen LogP contribution in [0.15, 0.2) is 48.6 Å². The van der Waals surface area contributed by atoms with Crippen LogP contribution in [0, 0.1) is 0 Å². The van der Waals surface area contributed by atoms with Crippen molar-refractivity contribution in [3.05, 3.63) is 48.6 Å². The van der Waals surface area contributed by atoms with Crippen LogP contribution in [0.1, 0.15) is 155 Å². The normalized spacial score (nSPS) is 14.7. The standard InChI is InChI=1S/C40H73O9P/c1-3-5-7-9-11-13-15-17-19-20-22-24-26-28-30-32-40(43)49-39(37-48-50(44,45)47-35-38(42)34-41)36-46-33-31-29-27-25-23-21-18-16-14-12-10-8-6-4-2/h8,10-11,13-14,16-17,19,38-39,41-42H,3-7,9,12,15,18,20-37H2,1-2H3,(H,44,45)/b10-8-,13-11-,16-14-,19-17-. The van der Waals surface area contributed by atoms with Crippen molar-refractivity contribution in [2.24, 2.45) is 0 Å². The number of rotatable bonds is 37. The van der Waals surface area contributed by atoms with E-state index in [1.165, 1.54) is 51.4 Å². The van der Waals surface area contributed by atoms with Gasteiger partial charge in [-0.25, -0.2) is 4.57 Å². The molecule has 0 radical (unpaired) electrons. The zero-order valence-corrected chi connectivity index (χ0v) is 32.5. The number of aliphatic hydroxyl groups is 2. The highest BCUT2D eigenvalue weighted by Gasteiger charge is 2.26. The third-order valence-corrected chi connectivity index (χ3v) is 8.92. The molecule has 0 heterocycles. The topological polar surface area (TPSA) is 132 Å². The van der Waals surface area contributed by atoms with Gasteiger partial charge in [-0.3, -0.25) is 13.8 Å². The summed E-state index contributed by atoms with van der Waals surface area (Å²) in [5.74, 6) is -0.403. The molecule has 10 heteroatoms. The molecule has 0 aliphatic heterocycles. The molecule has 0 spiro atoms. The lowest BCUT2D eigenvalue weighted by atomic mass is 10.1. The number of phosphoric ester groups is 1. The Balaban J connectivity index is 4.28. The largest absolute Gasteiger partial charge is 0.472 e. The van der Waals surface area contributed by atoms with E-state index in [0.717, 1.165) is 77.0 Å². The summed E-state index contributed by atoms with van der Waals surface area (Å²) in [6.07, 6.45) is 39.2. The molecule has 0 saturated heterocycles. The quantitative estimate of drug-likeness (QED) is 0.0247. The predicted molar refractivity (Wildman–Crippen MR) is 205 cm³/mol. The number of esters is 1. The number of hydrogen-bond acceptors (Lipinski definition) is 8. The summed E-state index contributed by atoms with van der Waals surface area (Å²) in [4.78, 5) is 22.5. The summed E-state index contributed by atoms with van der Waals surface area (Å²) >= 11 is 0. The molecule has 0 aromatic rings. The maximum Gasteiger partial charge on any atom is 0.472 e. The number of allylic oxidation sites excluding steroid dienone is 8. The fraction of sp³-hybridized carbons (Fsp3) is 0.775. The van der Waals surface area contributed by atoms with E-state index < -0.39 is 39.2 Å². The number of phosphoric acid groups is 1. The van der Waals surface area contributed by atoms with Crippen molar-refractivity contribution < 1.29 is 43.0 Å². The highest BCUT2D eigenvalue weighted by Crippen LogP contribution is 2.43. The number of ether oxygens (including phenoxy) is 2. The second-order valence-electron chi connectivity index (χ2n) is 12.9. The molecule has 0 rings (SSSR count). The van der Waals surface area contributed by atoms with Gasteiger partial charge in [-0.15, -0.1) is 0 Å². The van der Waals surface area contributed by atoms with Gasteiger partial charge in [-0.2, -0.15) is 0 Å². The lowest BCUT2D eigenvalue weighted by Gasteiger charge is -2.20. The Morgan fingerprint density at radius 3 is 1.68 bits per heavy atom. The second kappa shape index (κ2) is 37.2. The number of hydrogen-bond donors (Lipinski definition) is 3. The Bertz CT molecular complexity index is 919. The third kappa shape index (κ3) is 36.2. The first kappa shape index (κ1) is 48.4. The molecule has 0 saturated carbocycles. The van der Waals surface area contributed by atoms with Gasteiger partial charge in [0.1, 0.15) is 12.2 Å². The molecule has 0 bridgehead atoms. The summed E-state index contributed by atoms with van der Waals surface area (Å²) < 4.78 is 33.2. The van der Waals surface area contributed by atoms with Gasteiger partial charge in [-0.05, 0) is 70.6 Å². The van der Waals surface area contributed by atoms with Crippen LogP contribution in [0.25, 0.3) is 0 Å². The molecule has 3 unspecified atom stereocenters. The Kier molecular flexibility index (Phi) is 36.0. The molecule has 9 nitrogen and oxygen atoms in total. The maximum absolute atomic E-state index is 12.6. The first-order valence-electron chi connectivity index (χ1n) is 19.6. The Labute approximate surface area is 305 Å². The first-order valence-corrected chi connectivity index (χ1v) is 21.1. The van der Waals surface area contributed by atoms with Crippen LogP contribution in [0.4, 0.5) is 0 Å². The van der Waals surface area contributed by atoms with Gasteiger partial charge >= 0.3 is 13.8 Å². The number of carbonyl (C=O) groups excluding carboxylic acids is 1. The molecular formula is C40H73O9P. The first-order chi connectivity index (χ1) is 24.3. The second-order valence-corrected chi connectivity index (χ2v) is 14.4. The zero-order valence-electron chi connectivity index (χ0n) is 31.6. The van der Waals surface area contributed by atoms with Crippen LogP contribution in [0.3, 0.4) is 0 Å². The maximum atomic E-state index is 12.6. The number of carbonyl (C=O) groups is 1. The fourth-order valence-electron chi connectivity index (χ4n) is 4.95. The number of unbranched alkanes of at least 4 members (excludes halogenated alkanes) is 15.